The van der Waals surface area contributed by atoms with Crippen molar-refractivity contribution >= 4 is 11.3 Å². The van der Waals surface area contributed by atoms with E-state index in [-0.39, 0.29) is 0 Å². The number of anilines is 1. The van der Waals surface area contributed by atoms with Crippen molar-refractivity contribution in [1.29, 1.82) is 0 Å². The van der Waals surface area contributed by atoms with E-state index in [0.29, 0.717) is 11.6 Å². The quantitative estimate of drug-likeness (QED) is 0.581. The van der Waals surface area contributed by atoms with Gasteiger partial charge in [-0.05, 0) is 69.7 Å². The Labute approximate surface area is 139 Å². The van der Waals surface area contributed by atoms with Gasteiger partial charge in [0.05, 0.1) is 0 Å². The second kappa shape index (κ2) is 6.88. The van der Waals surface area contributed by atoms with Crippen LogP contribution in [0.2, 0.25) is 0 Å². The predicted octanol–water partition coefficient (Wildman–Crippen LogP) is 5.15. The maximum absolute atomic E-state index is 14.6. The first kappa shape index (κ1) is 17.7. The molecule has 0 aromatic heterocycles. The zero-order valence-corrected chi connectivity index (χ0v) is 14.7. The second-order valence-corrected chi connectivity index (χ2v) is 7.05. The molecule has 0 aliphatic carbocycles. The summed E-state index contributed by atoms with van der Waals surface area (Å²) in [6.45, 7) is 14.6. The fourth-order valence-electron chi connectivity index (χ4n) is 3.20. The lowest BCUT2D eigenvalue weighted by Gasteiger charge is -2.30. The van der Waals surface area contributed by atoms with Crippen molar-refractivity contribution in [2.24, 2.45) is 5.73 Å². The Morgan fingerprint density at radius 2 is 2.09 bits per heavy atom. The molecule has 0 amide bonds. The third kappa shape index (κ3) is 4.23. The van der Waals surface area contributed by atoms with E-state index < -0.39 is 5.79 Å². The first-order valence-electron chi connectivity index (χ1n) is 8.41. The highest BCUT2D eigenvalue weighted by Crippen LogP contribution is 2.36. The van der Waals surface area contributed by atoms with Gasteiger partial charge in [0.2, 0.25) is 0 Å². The minimum atomic E-state index is -1.86. The van der Waals surface area contributed by atoms with E-state index in [1.807, 2.05) is 25.1 Å². The van der Waals surface area contributed by atoms with Crippen LogP contribution in [0.4, 0.5) is 10.1 Å². The molecular weight excluding hydrogens is 287 g/mol. The number of rotatable bonds is 6. The summed E-state index contributed by atoms with van der Waals surface area (Å²) in [5, 5.41) is 0. The van der Waals surface area contributed by atoms with Gasteiger partial charge in [-0.1, -0.05) is 18.2 Å². The standard InChI is InChI=1S/C20H29FN2/c1-14(2)8-9-15(3)17-10-11-19(18(13-17)20(5,21)22)23-12-6-7-16(23)4/h10-11,13,16H,1,3,6-9,12,22H2,2,4-5H3. The first-order chi connectivity index (χ1) is 10.7. The minimum Gasteiger partial charge on any atom is -0.368 e. The van der Waals surface area contributed by atoms with E-state index >= 15 is 0 Å². The van der Waals surface area contributed by atoms with Crippen LogP contribution in [0.25, 0.3) is 5.57 Å². The lowest BCUT2D eigenvalue weighted by molar-refractivity contribution is 0.203. The Bertz CT molecular complexity index is 598. The number of benzene rings is 1. The zero-order valence-electron chi connectivity index (χ0n) is 14.7. The summed E-state index contributed by atoms with van der Waals surface area (Å²) in [6, 6.07) is 6.34. The molecular formula is C20H29FN2. The highest BCUT2D eigenvalue weighted by atomic mass is 19.1. The smallest absolute Gasteiger partial charge is 0.184 e. The van der Waals surface area contributed by atoms with Gasteiger partial charge >= 0.3 is 0 Å². The van der Waals surface area contributed by atoms with Crippen LogP contribution in [0.3, 0.4) is 0 Å². The molecule has 126 valence electrons. The van der Waals surface area contributed by atoms with Crippen LogP contribution in [-0.4, -0.2) is 12.6 Å². The Kier molecular flexibility index (Phi) is 5.30. The Hall–Kier alpha value is -1.61. The average molecular weight is 316 g/mol. The van der Waals surface area contributed by atoms with Crippen LogP contribution in [0.15, 0.2) is 36.9 Å². The van der Waals surface area contributed by atoms with E-state index in [1.165, 1.54) is 6.92 Å². The summed E-state index contributed by atoms with van der Waals surface area (Å²) in [7, 11) is 0. The molecule has 0 bridgehead atoms. The van der Waals surface area contributed by atoms with Crippen molar-refractivity contribution in [2.75, 3.05) is 11.4 Å². The molecule has 2 rings (SSSR count). The Morgan fingerprint density at radius 1 is 1.39 bits per heavy atom. The van der Waals surface area contributed by atoms with Crippen LogP contribution in [0.5, 0.6) is 0 Å². The number of hydrogen-bond acceptors (Lipinski definition) is 2. The summed E-state index contributed by atoms with van der Waals surface area (Å²) in [4.78, 5) is 2.26. The molecule has 2 N–H and O–H groups in total. The Morgan fingerprint density at radius 3 is 2.61 bits per heavy atom. The lowest BCUT2D eigenvalue weighted by atomic mass is 9.94. The number of allylic oxidation sites excluding steroid dienone is 2. The van der Waals surface area contributed by atoms with Crippen molar-refractivity contribution < 1.29 is 4.39 Å². The highest BCUT2D eigenvalue weighted by Gasteiger charge is 2.30. The van der Waals surface area contributed by atoms with E-state index in [2.05, 4.69) is 25.0 Å². The Balaban J connectivity index is 2.35. The second-order valence-electron chi connectivity index (χ2n) is 7.05. The van der Waals surface area contributed by atoms with Gasteiger partial charge in [-0.3, -0.25) is 5.73 Å². The van der Waals surface area contributed by atoms with Gasteiger partial charge in [0, 0.05) is 23.8 Å². The molecule has 1 aromatic rings. The van der Waals surface area contributed by atoms with Crippen molar-refractivity contribution in [3.63, 3.8) is 0 Å². The third-order valence-electron chi connectivity index (χ3n) is 4.65. The van der Waals surface area contributed by atoms with Crippen LogP contribution < -0.4 is 10.6 Å². The van der Waals surface area contributed by atoms with E-state index in [9.17, 15) is 4.39 Å². The molecule has 0 saturated carbocycles. The van der Waals surface area contributed by atoms with Crippen molar-refractivity contribution in [3.05, 3.63) is 48.1 Å². The molecule has 23 heavy (non-hydrogen) atoms. The summed E-state index contributed by atoms with van der Waals surface area (Å²) in [5.74, 6) is -1.86. The maximum Gasteiger partial charge on any atom is 0.184 e. The fraction of sp³-hybridized carbons (Fsp3) is 0.500. The van der Waals surface area contributed by atoms with Crippen molar-refractivity contribution in [1.82, 2.24) is 0 Å². The molecule has 1 aliphatic rings. The molecule has 2 nitrogen and oxygen atoms in total. The van der Waals surface area contributed by atoms with Crippen LogP contribution in [0, 0.1) is 0 Å². The number of nitrogens with two attached hydrogens (primary N) is 1. The van der Waals surface area contributed by atoms with Gasteiger partial charge in [-0.15, -0.1) is 6.58 Å². The van der Waals surface area contributed by atoms with Gasteiger partial charge in [0.15, 0.2) is 5.79 Å². The summed E-state index contributed by atoms with van der Waals surface area (Å²) >= 11 is 0. The molecule has 1 aliphatic heterocycles. The molecule has 3 heteroatoms. The number of alkyl halides is 1. The van der Waals surface area contributed by atoms with Gasteiger partial charge < -0.3 is 4.90 Å². The molecule has 1 fully saturated rings. The topological polar surface area (TPSA) is 29.3 Å². The maximum atomic E-state index is 14.6. The van der Waals surface area contributed by atoms with Crippen LogP contribution >= 0.6 is 0 Å². The van der Waals surface area contributed by atoms with E-state index in [4.69, 9.17) is 5.73 Å². The van der Waals surface area contributed by atoms with Gasteiger partial charge in [0.25, 0.3) is 0 Å². The number of halogens is 1. The summed E-state index contributed by atoms with van der Waals surface area (Å²) < 4.78 is 14.6. The van der Waals surface area contributed by atoms with E-state index in [1.54, 1.807) is 0 Å². The van der Waals surface area contributed by atoms with Crippen molar-refractivity contribution in [3.8, 4) is 0 Å². The van der Waals surface area contributed by atoms with Gasteiger partial charge in [0.1, 0.15) is 0 Å². The number of nitrogens with zero attached hydrogens (tertiary/aromatic N) is 1. The monoisotopic (exact) mass is 316 g/mol. The molecule has 1 aromatic carbocycles. The SMILES string of the molecule is C=C(C)CCC(=C)c1ccc(N2CCCC2C)c(C(C)(N)F)c1. The van der Waals surface area contributed by atoms with Gasteiger partial charge in [-0.2, -0.15) is 0 Å². The molecule has 1 saturated heterocycles. The highest BCUT2D eigenvalue weighted by molar-refractivity contribution is 5.69. The van der Waals surface area contributed by atoms with Crippen LogP contribution in [0.1, 0.15) is 57.6 Å². The zero-order chi connectivity index (χ0) is 17.2. The predicted molar refractivity (Wildman–Crippen MR) is 98.2 cm³/mol. The molecule has 2 atom stereocenters. The molecule has 2 unspecified atom stereocenters. The van der Waals surface area contributed by atoms with Crippen molar-refractivity contribution in [2.45, 2.75) is 58.3 Å². The fourth-order valence-corrected chi connectivity index (χ4v) is 3.20. The minimum absolute atomic E-state index is 0.425. The van der Waals surface area contributed by atoms with E-state index in [0.717, 1.165) is 54.6 Å². The normalized spacial score (nSPS) is 20.4. The molecule has 0 spiro atoms. The molecule has 0 radical (unpaired) electrons. The first-order valence-corrected chi connectivity index (χ1v) is 8.41. The molecule has 1 heterocycles. The number of hydrogen-bond donors (Lipinski definition) is 1. The summed E-state index contributed by atoms with van der Waals surface area (Å²) in [5.41, 5.74) is 10.4. The lowest BCUT2D eigenvalue weighted by Crippen LogP contribution is -2.33. The third-order valence-corrected chi connectivity index (χ3v) is 4.65. The summed E-state index contributed by atoms with van der Waals surface area (Å²) in [6.07, 6.45) is 4.01. The average Bonchev–Trinajstić information content (AvgIpc) is 2.89. The van der Waals surface area contributed by atoms with Gasteiger partial charge in [-0.25, -0.2) is 4.39 Å². The largest absolute Gasteiger partial charge is 0.368 e. The van der Waals surface area contributed by atoms with Crippen LogP contribution in [-0.2, 0) is 5.79 Å².